The number of carbonyl (C=O) groups is 2. The molecule has 0 radical (unpaired) electrons. The van der Waals surface area contributed by atoms with E-state index in [0.717, 1.165) is 5.56 Å². The maximum absolute atomic E-state index is 13.6. The molecule has 0 heterocycles. The number of rotatable bonds is 8. The lowest BCUT2D eigenvalue weighted by Crippen LogP contribution is -2.57. The number of para-hydroxylation sites is 1. The molecule has 3 rings (SSSR count). The Hall–Kier alpha value is -2.73. The van der Waals surface area contributed by atoms with Gasteiger partial charge in [-0.2, -0.15) is 0 Å². The molecule has 0 saturated heterocycles. The Morgan fingerprint density at radius 2 is 1.47 bits per heavy atom. The van der Waals surface area contributed by atoms with Crippen molar-refractivity contribution >= 4 is 52.3 Å². The zero-order chi connectivity index (χ0) is 24.9. The molecule has 5 nitrogen and oxygen atoms in total. The number of hydrogen-bond acceptors (Lipinski definition) is 3. The predicted octanol–water partition coefficient (Wildman–Crippen LogP) is 6.86. The van der Waals surface area contributed by atoms with Crippen molar-refractivity contribution in [2.24, 2.45) is 0 Å². The zero-order valence-corrected chi connectivity index (χ0v) is 21.3. The third kappa shape index (κ3) is 6.23. The number of nitrogens with zero attached hydrogens (tertiary/aromatic N) is 1. The average Bonchev–Trinajstić information content (AvgIpc) is 2.81. The number of anilines is 1. The van der Waals surface area contributed by atoms with Crippen molar-refractivity contribution in [1.82, 2.24) is 4.90 Å². The van der Waals surface area contributed by atoms with Crippen LogP contribution in [0.4, 0.5) is 5.69 Å². The smallest absolute Gasteiger partial charge is 0.264 e. The lowest BCUT2D eigenvalue weighted by atomic mass is 9.98. The van der Waals surface area contributed by atoms with Crippen molar-refractivity contribution in [3.05, 3.63) is 93.4 Å². The lowest BCUT2D eigenvalue weighted by molar-refractivity contribution is -0.149. The monoisotopic (exact) mass is 518 g/mol. The van der Waals surface area contributed by atoms with Crippen LogP contribution in [0.1, 0.15) is 26.3 Å². The molecule has 1 atom stereocenters. The van der Waals surface area contributed by atoms with Gasteiger partial charge in [-0.3, -0.25) is 9.59 Å². The third-order valence-corrected chi connectivity index (χ3v) is 6.36. The molecule has 178 valence electrons. The standard InChI is InChI=1S/C26H25Cl3N2O3/c1-17(34-23-15-21(28)20(27)14-22(23)29)24(32)31(16-18-10-6-4-7-11-18)26(2,3)25(33)30-19-12-8-5-9-13-19/h4-15,17H,16H2,1-3H3,(H,30,33)/t17-/m0/s1. The summed E-state index contributed by atoms with van der Waals surface area (Å²) >= 11 is 18.3. The summed E-state index contributed by atoms with van der Waals surface area (Å²) in [6.07, 6.45) is -0.956. The van der Waals surface area contributed by atoms with E-state index >= 15 is 0 Å². The van der Waals surface area contributed by atoms with Crippen LogP contribution in [0.5, 0.6) is 5.75 Å². The number of benzene rings is 3. The van der Waals surface area contributed by atoms with E-state index in [1.807, 2.05) is 48.5 Å². The molecule has 3 aromatic rings. The van der Waals surface area contributed by atoms with Gasteiger partial charge in [0.1, 0.15) is 11.3 Å². The van der Waals surface area contributed by atoms with Crippen molar-refractivity contribution in [2.75, 3.05) is 5.32 Å². The largest absolute Gasteiger partial charge is 0.479 e. The first-order valence-corrected chi connectivity index (χ1v) is 11.8. The lowest BCUT2D eigenvalue weighted by Gasteiger charge is -2.38. The first kappa shape index (κ1) is 25.9. The summed E-state index contributed by atoms with van der Waals surface area (Å²) in [6.45, 7) is 5.21. The number of hydrogen-bond donors (Lipinski definition) is 1. The summed E-state index contributed by atoms with van der Waals surface area (Å²) in [5.74, 6) is -0.495. The summed E-state index contributed by atoms with van der Waals surface area (Å²) in [5, 5.41) is 3.65. The van der Waals surface area contributed by atoms with Gasteiger partial charge in [0, 0.05) is 18.3 Å². The van der Waals surface area contributed by atoms with E-state index in [-0.39, 0.29) is 39.2 Å². The highest BCUT2D eigenvalue weighted by molar-refractivity contribution is 6.43. The number of carbonyl (C=O) groups excluding carboxylic acids is 2. The van der Waals surface area contributed by atoms with E-state index in [0.29, 0.717) is 5.69 Å². The Labute approximate surface area is 214 Å². The Balaban J connectivity index is 1.89. The van der Waals surface area contributed by atoms with Crippen LogP contribution in [0.3, 0.4) is 0 Å². The minimum atomic E-state index is -1.21. The van der Waals surface area contributed by atoms with Crippen LogP contribution in [0.25, 0.3) is 0 Å². The van der Waals surface area contributed by atoms with Gasteiger partial charge in [0.2, 0.25) is 5.91 Å². The Bertz CT molecular complexity index is 1150. The van der Waals surface area contributed by atoms with Crippen LogP contribution in [-0.2, 0) is 16.1 Å². The Morgan fingerprint density at radius 3 is 2.09 bits per heavy atom. The molecule has 3 aromatic carbocycles. The molecule has 0 aliphatic rings. The molecule has 0 bridgehead atoms. The van der Waals surface area contributed by atoms with E-state index in [1.54, 1.807) is 32.9 Å². The molecule has 0 aromatic heterocycles. The molecule has 0 aliphatic carbocycles. The molecule has 0 fully saturated rings. The van der Waals surface area contributed by atoms with E-state index in [9.17, 15) is 9.59 Å². The minimum absolute atomic E-state index is 0.206. The summed E-state index contributed by atoms with van der Waals surface area (Å²) < 4.78 is 5.86. The predicted molar refractivity (Wildman–Crippen MR) is 138 cm³/mol. The second kappa shape index (κ2) is 11.1. The van der Waals surface area contributed by atoms with Crippen LogP contribution >= 0.6 is 34.8 Å². The molecular weight excluding hydrogens is 495 g/mol. The normalized spacial score (nSPS) is 12.1. The Morgan fingerprint density at radius 1 is 0.912 bits per heavy atom. The molecule has 0 spiro atoms. The van der Waals surface area contributed by atoms with Crippen LogP contribution in [0, 0.1) is 0 Å². The molecular formula is C26H25Cl3N2O3. The van der Waals surface area contributed by atoms with Gasteiger partial charge in [-0.15, -0.1) is 0 Å². The fourth-order valence-corrected chi connectivity index (χ4v) is 3.88. The molecule has 1 N–H and O–H groups in total. The number of amides is 2. The zero-order valence-electron chi connectivity index (χ0n) is 19.0. The molecule has 0 unspecified atom stereocenters. The fourth-order valence-electron chi connectivity index (χ4n) is 3.30. The van der Waals surface area contributed by atoms with Gasteiger partial charge in [0.15, 0.2) is 6.10 Å². The van der Waals surface area contributed by atoms with Crippen molar-refractivity contribution in [3.8, 4) is 5.75 Å². The molecule has 0 saturated carbocycles. The van der Waals surface area contributed by atoms with Crippen molar-refractivity contribution < 1.29 is 14.3 Å². The number of nitrogens with one attached hydrogen (secondary N) is 1. The first-order chi connectivity index (χ1) is 16.1. The summed E-state index contributed by atoms with van der Waals surface area (Å²) in [7, 11) is 0. The van der Waals surface area contributed by atoms with Crippen molar-refractivity contribution in [2.45, 2.75) is 39.0 Å². The van der Waals surface area contributed by atoms with E-state index in [1.165, 1.54) is 17.0 Å². The highest BCUT2D eigenvalue weighted by Crippen LogP contribution is 2.35. The highest BCUT2D eigenvalue weighted by Gasteiger charge is 2.40. The van der Waals surface area contributed by atoms with Crippen molar-refractivity contribution in [3.63, 3.8) is 0 Å². The maximum atomic E-state index is 13.6. The first-order valence-electron chi connectivity index (χ1n) is 10.6. The van der Waals surface area contributed by atoms with Crippen LogP contribution in [0.15, 0.2) is 72.8 Å². The van der Waals surface area contributed by atoms with Crippen LogP contribution in [-0.4, -0.2) is 28.4 Å². The van der Waals surface area contributed by atoms with Gasteiger partial charge in [-0.1, -0.05) is 83.3 Å². The van der Waals surface area contributed by atoms with Gasteiger partial charge in [0.25, 0.3) is 5.91 Å². The van der Waals surface area contributed by atoms with Crippen LogP contribution in [0.2, 0.25) is 15.1 Å². The van der Waals surface area contributed by atoms with Gasteiger partial charge in [0.05, 0.1) is 15.1 Å². The quantitative estimate of drug-likeness (QED) is 0.331. The summed E-state index contributed by atoms with van der Waals surface area (Å²) in [4.78, 5) is 28.4. The molecule has 34 heavy (non-hydrogen) atoms. The van der Waals surface area contributed by atoms with E-state index in [2.05, 4.69) is 5.32 Å². The van der Waals surface area contributed by atoms with Crippen LogP contribution < -0.4 is 10.1 Å². The summed E-state index contributed by atoms with van der Waals surface area (Å²) in [6, 6.07) is 21.4. The summed E-state index contributed by atoms with van der Waals surface area (Å²) in [5.41, 5.74) is 0.303. The second-order valence-corrected chi connectivity index (χ2v) is 9.47. The fraction of sp³-hybridized carbons (Fsp3) is 0.231. The van der Waals surface area contributed by atoms with Gasteiger partial charge in [-0.25, -0.2) is 0 Å². The number of ether oxygens (including phenoxy) is 1. The Kier molecular flexibility index (Phi) is 8.47. The van der Waals surface area contributed by atoms with Crippen molar-refractivity contribution in [1.29, 1.82) is 0 Å². The van der Waals surface area contributed by atoms with Gasteiger partial charge < -0.3 is 15.0 Å². The van der Waals surface area contributed by atoms with Gasteiger partial charge >= 0.3 is 0 Å². The molecule has 8 heteroatoms. The number of halogens is 3. The third-order valence-electron chi connectivity index (χ3n) is 5.34. The van der Waals surface area contributed by atoms with E-state index in [4.69, 9.17) is 39.5 Å². The maximum Gasteiger partial charge on any atom is 0.264 e. The molecule has 0 aliphatic heterocycles. The topological polar surface area (TPSA) is 58.6 Å². The van der Waals surface area contributed by atoms with Gasteiger partial charge in [-0.05, 0) is 44.5 Å². The average molecular weight is 520 g/mol. The SMILES string of the molecule is C[C@H](Oc1cc(Cl)c(Cl)cc1Cl)C(=O)N(Cc1ccccc1)C(C)(C)C(=O)Nc1ccccc1. The second-order valence-electron chi connectivity index (χ2n) is 8.25. The van der Waals surface area contributed by atoms with E-state index < -0.39 is 11.6 Å². The molecule has 2 amide bonds. The minimum Gasteiger partial charge on any atom is -0.479 e. The highest BCUT2D eigenvalue weighted by atomic mass is 35.5.